The number of guanidine groups is 1. The van der Waals surface area contributed by atoms with Gasteiger partial charge in [0.15, 0.2) is 5.96 Å². The molecule has 2 rings (SSSR count). The van der Waals surface area contributed by atoms with Crippen LogP contribution in [0, 0.1) is 5.92 Å². The third kappa shape index (κ3) is 5.96. The van der Waals surface area contributed by atoms with E-state index in [0.717, 1.165) is 25.5 Å². The van der Waals surface area contributed by atoms with Crippen LogP contribution in [0.1, 0.15) is 12.0 Å². The normalized spacial score (nSPS) is 16.6. The summed E-state index contributed by atoms with van der Waals surface area (Å²) in [5, 5.41) is 0. The maximum absolute atomic E-state index is 12.2. The van der Waals surface area contributed by atoms with Gasteiger partial charge in [-0.15, -0.1) is 24.0 Å². The zero-order valence-corrected chi connectivity index (χ0v) is 17.4. The molecule has 1 aromatic carbocycles. The molecule has 1 aliphatic heterocycles. The Labute approximate surface area is 162 Å². The number of carbonyl (C=O) groups is 1. The van der Waals surface area contributed by atoms with E-state index in [2.05, 4.69) is 17.1 Å². The summed E-state index contributed by atoms with van der Waals surface area (Å²) in [6.45, 7) is 2.33. The smallest absolute Gasteiger partial charge is 0.223 e. The van der Waals surface area contributed by atoms with Crippen LogP contribution in [-0.4, -0.2) is 74.4 Å². The van der Waals surface area contributed by atoms with Crippen molar-refractivity contribution in [1.29, 1.82) is 0 Å². The first-order chi connectivity index (χ1) is 11.0. The quantitative estimate of drug-likeness (QED) is 0.397. The molecular formula is C18H29IN4O. The summed E-state index contributed by atoms with van der Waals surface area (Å²) in [6, 6.07) is 10.3. The first-order valence-corrected chi connectivity index (χ1v) is 8.18. The third-order valence-electron chi connectivity index (χ3n) is 4.10. The number of likely N-dealkylation sites (tertiary alicyclic amines) is 1. The number of amides is 1. The van der Waals surface area contributed by atoms with Gasteiger partial charge in [0.25, 0.3) is 0 Å². The van der Waals surface area contributed by atoms with Gasteiger partial charge < -0.3 is 14.7 Å². The van der Waals surface area contributed by atoms with Gasteiger partial charge in [-0.2, -0.15) is 0 Å². The standard InChI is InChI=1S/C18H28N4O.HI/c1-20(2)18(21(3)4)19-13-16-12-17(23)22(14-16)11-10-15-8-6-5-7-9-15;/h5-9,16H,10-14H2,1-4H3;1H. The van der Waals surface area contributed by atoms with E-state index in [9.17, 15) is 4.79 Å². The molecule has 1 amide bonds. The number of nitrogens with zero attached hydrogens (tertiary/aromatic N) is 4. The molecular weight excluding hydrogens is 415 g/mol. The number of benzene rings is 1. The van der Waals surface area contributed by atoms with Crippen molar-refractivity contribution in [3.63, 3.8) is 0 Å². The second kappa shape index (κ2) is 9.86. The minimum atomic E-state index is 0. The van der Waals surface area contributed by atoms with Crippen LogP contribution in [0.15, 0.2) is 35.3 Å². The molecule has 24 heavy (non-hydrogen) atoms. The average Bonchev–Trinajstić information content (AvgIpc) is 2.86. The van der Waals surface area contributed by atoms with Crippen LogP contribution in [0.2, 0.25) is 0 Å². The second-order valence-electron chi connectivity index (χ2n) is 6.58. The van der Waals surface area contributed by atoms with Crippen LogP contribution >= 0.6 is 24.0 Å². The van der Waals surface area contributed by atoms with E-state index in [1.165, 1.54) is 5.56 Å². The number of carbonyl (C=O) groups excluding carboxylic acids is 1. The Hall–Kier alpha value is -1.31. The Balaban J connectivity index is 0.00000288. The molecule has 1 unspecified atom stereocenters. The van der Waals surface area contributed by atoms with Crippen LogP contribution in [0.4, 0.5) is 0 Å². The van der Waals surface area contributed by atoms with E-state index in [-0.39, 0.29) is 29.9 Å². The molecule has 134 valence electrons. The highest BCUT2D eigenvalue weighted by Crippen LogP contribution is 2.19. The van der Waals surface area contributed by atoms with Gasteiger partial charge in [0.2, 0.25) is 5.91 Å². The van der Waals surface area contributed by atoms with Gasteiger partial charge in [-0.05, 0) is 12.0 Å². The fraction of sp³-hybridized carbons (Fsp3) is 0.556. The zero-order valence-electron chi connectivity index (χ0n) is 15.1. The Morgan fingerprint density at radius 1 is 1.17 bits per heavy atom. The maximum atomic E-state index is 12.2. The van der Waals surface area contributed by atoms with Crippen molar-refractivity contribution in [3.05, 3.63) is 35.9 Å². The zero-order chi connectivity index (χ0) is 16.8. The molecule has 0 radical (unpaired) electrons. The Bertz CT molecular complexity index is 535. The molecule has 1 atom stereocenters. The molecule has 6 heteroatoms. The maximum Gasteiger partial charge on any atom is 0.223 e. The van der Waals surface area contributed by atoms with Crippen molar-refractivity contribution < 1.29 is 4.79 Å². The van der Waals surface area contributed by atoms with Crippen molar-refractivity contribution in [2.45, 2.75) is 12.8 Å². The lowest BCUT2D eigenvalue weighted by Crippen LogP contribution is -2.36. The predicted molar refractivity (Wildman–Crippen MR) is 110 cm³/mol. The summed E-state index contributed by atoms with van der Waals surface area (Å²) in [5.41, 5.74) is 1.28. The molecule has 1 fully saturated rings. The SMILES string of the molecule is CN(C)C(=NCC1CC(=O)N(CCc2ccccc2)C1)N(C)C.I. The average molecular weight is 444 g/mol. The van der Waals surface area contributed by atoms with E-state index in [1.807, 2.05) is 61.1 Å². The van der Waals surface area contributed by atoms with Crippen molar-refractivity contribution >= 4 is 35.8 Å². The number of hydrogen-bond acceptors (Lipinski definition) is 2. The van der Waals surface area contributed by atoms with Gasteiger partial charge in [0.05, 0.1) is 0 Å². The lowest BCUT2D eigenvalue weighted by molar-refractivity contribution is -0.127. The Morgan fingerprint density at radius 3 is 2.38 bits per heavy atom. The van der Waals surface area contributed by atoms with E-state index in [1.54, 1.807) is 0 Å². The summed E-state index contributed by atoms with van der Waals surface area (Å²) in [7, 11) is 7.96. The van der Waals surface area contributed by atoms with Crippen LogP contribution < -0.4 is 0 Å². The third-order valence-corrected chi connectivity index (χ3v) is 4.10. The van der Waals surface area contributed by atoms with Gasteiger partial charge in [0, 0.05) is 60.2 Å². The highest BCUT2D eigenvalue weighted by atomic mass is 127. The molecule has 1 saturated heterocycles. The van der Waals surface area contributed by atoms with Gasteiger partial charge in [-0.3, -0.25) is 9.79 Å². The minimum Gasteiger partial charge on any atom is -0.349 e. The Morgan fingerprint density at radius 2 is 1.79 bits per heavy atom. The number of halogens is 1. The van der Waals surface area contributed by atoms with Crippen molar-refractivity contribution in [3.8, 4) is 0 Å². The van der Waals surface area contributed by atoms with Gasteiger partial charge in [-0.25, -0.2) is 0 Å². The molecule has 0 aromatic heterocycles. The van der Waals surface area contributed by atoms with E-state index in [4.69, 9.17) is 0 Å². The molecule has 0 spiro atoms. The molecule has 5 nitrogen and oxygen atoms in total. The lowest BCUT2D eigenvalue weighted by atomic mass is 10.1. The monoisotopic (exact) mass is 444 g/mol. The van der Waals surface area contributed by atoms with Crippen molar-refractivity contribution in [2.24, 2.45) is 10.9 Å². The minimum absolute atomic E-state index is 0. The first kappa shape index (κ1) is 20.7. The van der Waals surface area contributed by atoms with Crippen molar-refractivity contribution in [2.75, 3.05) is 47.8 Å². The van der Waals surface area contributed by atoms with E-state index < -0.39 is 0 Å². The predicted octanol–water partition coefficient (Wildman–Crippen LogP) is 2.17. The van der Waals surface area contributed by atoms with Crippen LogP contribution in [-0.2, 0) is 11.2 Å². The second-order valence-corrected chi connectivity index (χ2v) is 6.58. The first-order valence-electron chi connectivity index (χ1n) is 8.18. The molecule has 0 aliphatic carbocycles. The van der Waals surface area contributed by atoms with Crippen LogP contribution in [0.5, 0.6) is 0 Å². The number of hydrogen-bond donors (Lipinski definition) is 0. The Kier molecular flexibility index (Phi) is 8.52. The summed E-state index contributed by atoms with van der Waals surface area (Å²) >= 11 is 0. The van der Waals surface area contributed by atoms with Gasteiger partial charge >= 0.3 is 0 Å². The summed E-state index contributed by atoms with van der Waals surface area (Å²) in [5.74, 6) is 1.53. The van der Waals surface area contributed by atoms with Crippen molar-refractivity contribution in [1.82, 2.24) is 14.7 Å². The molecule has 1 aromatic rings. The van der Waals surface area contributed by atoms with Gasteiger partial charge in [-0.1, -0.05) is 30.3 Å². The molecule has 0 bridgehead atoms. The molecule has 1 heterocycles. The fourth-order valence-corrected chi connectivity index (χ4v) is 2.99. The van der Waals surface area contributed by atoms with E-state index >= 15 is 0 Å². The highest BCUT2D eigenvalue weighted by molar-refractivity contribution is 14.0. The fourth-order valence-electron chi connectivity index (χ4n) is 2.99. The van der Waals surface area contributed by atoms with Crippen LogP contribution in [0.3, 0.4) is 0 Å². The largest absolute Gasteiger partial charge is 0.349 e. The van der Waals surface area contributed by atoms with Gasteiger partial charge in [0.1, 0.15) is 0 Å². The van der Waals surface area contributed by atoms with E-state index in [0.29, 0.717) is 18.9 Å². The molecule has 0 saturated carbocycles. The highest BCUT2D eigenvalue weighted by Gasteiger charge is 2.29. The molecule has 0 N–H and O–H groups in total. The number of rotatable bonds is 5. The lowest BCUT2D eigenvalue weighted by Gasteiger charge is -2.23. The topological polar surface area (TPSA) is 39.2 Å². The van der Waals surface area contributed by atoms with Crippen LogP contribution in [0.25, 0.3) is 0 Å². The summed E-state index contributed by atoms with van der Waals surface area (Å²) in [6.07, 6.45) is 1.54. The molecule has 1 aliphatic rings. The number of aliphatic imine (C=N–C) groups is 1. The summed E-state index contributed by atoms with van der Waals surface area (Å²) in [4.78, 5) is 22.8. The summed E-state index contributed by atoms with van der Waals surface area (Å²) < 4.78 is 0.